The van der Waals surface area contributed by atoms with Gasteiger partial charge in [0.25, 0.3) is 11.6 Å². The number of non-ortho nitro benzene ring substituents is 1. The van der Waals surface area contributed by atoms with Crippen molar-refractivity contribution < 1.29 is 14.1 Å². The number of aliphatic imine (C=N–C) groups is 1. The van der Waals surface area contributed by atoms with E-state index in [9.17, 15) is 14.9 Å². The third-order valence-corrected chi connectivity index (χ3v) is 5.51. The van der Waals surface area contributed by atoms with Crippen molar-refractivity contribution in [3.05, 3.63) is 85.4 Å². The highest BCUT2D eigenvalue weighted by Gasteiger charge is 2.24. The first-order valence-electron chi connectivity index (χ1n) is 8.48. The number of amides is 1. The summed E-state index contributed by atoms with van der Waals surface area (Å²) in [6, 6.07) is 14.4. The number of hydrogen-bond acceptors (Lipinski definition) is 6. The van der Waals surface area contributed by atoms with E-state index in [1.54, 1.807) is 42.5 Å². The largest absolute Gasteiger partial charge is 0.457 e. The van der Waals surface area contributed by atoms with Crippen molar-refractivity contribution in [2.75, 3.05) is 0 Å². The lowest BCUT2D eigenvalue weighted by molar-refractivity contribution is -0.384. The van der Waals surface area contributed by atoms with Crippen LogP contribution in [0.2, 0.25) is 10.0 Å². The Balaban J connectivity index is 1.55. The fraction of sp³-hybridized carbons (Fsp3) is 0. The van der Waals surface area contributed by atoms with E-state index in [0.717, 1.165) is 0 Å². The number of rotatable bonds is 4. The second-order valence-corrected chi connectivity index (χ2v) is 7.96. The minimum atomic E-state index is -0.521. The number of nitro benzene ring substituents is 1. The minimum absolute atomic E-state index is 0.107. The number of nitrogens with zero attached hydrogens (tertiary/aromatic N) is 2. The highest BCUT2D eigenvalue weighted by Crippen LogP contribution is 2.34. The number of hydrogen-bond donors (Lipinski definition) is 1. The van der Waals surface area contributed by atoms with Crippen LogP contribution in [-0.4, -0.2) is 16.0 Å². The van der Waals surface area contributed by atoms with Crippen LogP contribution in [0.15, 0.2) is 68.9 Å². The number of nitrogens with one attached hydrogen (secondary N) is 1. The monoisotopic (exact) mass is 459 g/mol. The molecule has 30 heavy (non-hydrogen) atoms. The quantitative estimate of drug-likeness (QED) is 0.290. The van der Waals surface area contributed by atoms with Crippen molar-refractivity contribution in [3.63, 3.8) is 0 Å². The lowest BCUT2D eigenvalue weighted by Gasteiger charge is -2.00. The van der Waals surface area contributed by atoms with Crippen LogP contribution in [0.3, 0.4) is 0 Å². The molecule has 0 radical (unpaired) electrons. The number of thioether (sulfide) groups is 1. The zero-order chi connectivity index (χ0) is 21.3. The van der Waals surface area contributed by atoms with Crippen molar-refractivity contribution in [3.8, 4) is 11.3 Å². The normalized spacial score (nSPS) is 16.3. The molecule has 4 rings (SSSR count). The molecule has 1 saturated heterocycles. The summed E-state index contributed by atoms with van der Waals surface area (Å²) in [5, 5.41) is 14.8. The van der Waals surface area contributed by atoms with Crippen molar-refractivity contribution in [1.29, 1.82) is 0 Å². The van der Waals surface area contributed by atoms with Crippen molar-refractivity contribution in [2.24, 2.45) is 4.99 Å². The van der Waals surface area contributed by atoms with Gasteiger partial charge in [-0.2, -0.15) is 0 Å². The summed E-state index contributed by atoms with van der Waals surface area (Å²) < 4.78 is 5.75. The summed E-state index contributed by atoms with van der Waals surface area (Å²) in [4.78, 5) is 27.4. The Morgan fingerprint density at radius 1 is 1.10 bits per heavy atom. The highest BCUT2D eigenvalue weighted by molar-refractivity contribution is 8.18. The Bertz CT molecular complexity index is 1220. The molecule has 1 amide bonds. The maximum atomic E-state index is 12.2. The Labute approximate surface area is 184 Å². The van der Waals surface area contributed by atoms with Crippen LogP contribution in [0.1, 0.15) is 5.76 Å². The predicted octanol–water partition coefficient (Wildman–Crippen LogP) is 6.05. The predicted molar refractivity (Wildman–Crippen MR) is 118 cm³/mol. The second kappa shape index (κ2) is 8.35. The SMILES string of the molecule is O=C1NC(=Nc2ccc(Cl)cc2)S/C1=C\c1ccc(-c2ccc([N+](=O)[O-])cc2Cl)o1. The van der Waals surface area contributed by atoms with E-state index >= 15 is 0 Å². The topological polar surface area (TPSA) is 97.7 Å². The molecule has 1 aliphatic heterocycles. The first kappa shape index (κ1) is 20.2. The van der Waals surface area contributed by atoms with Crippen molar-refractivity contribution in [1.82, 2.24) is 5.32 Å². The lowest BCUT2D eigenvalue weighted by atomic mass is 10.1. The molecule has 10 heteroatoms. The van der Waals surface area contributed by atoms with Crippen LogP contribution in [0.4, 0.5) is 11.4 Å². The van der Waals surface area contributed by atoms with Crippen molar-refractivity contribution >= 4 is 63.5 Å². The van der Waals surface area contributed by atoms with E-state index in [-0.39, 0.29) is 16.6 Å². The minimum Gasteiger partial charge on any atom is -0.457 e. The number of furan rings is 1. The average molecular weight is 460 g/mol. The zero-order valence-corrected chi connectivity index (χ0v) is 17.3. The molecule has 1 N–H and O–H groups in total. The summed E-state index contributed by atoms with van der Waals surface area (Å²) in [5.41, 5.74) is 1.07. The molecule has 2 heterocycles. The average Bonchev–Trinajstić information content (AvgIpc) is 3.30. The van der Waals surface area contributed by atoms with Gasteiger partial charge < -0.3 is 9.73 Å². The van der Waals surface area contributed by atoms with E-state index in [1.165, 1.54) is 30.0 Å². The molecule has 0 spiro atoms. The van der Waals surface area contributed by atoms with Gasteiger partial charge in [-0.25, -0.2) is 4.99 Å². The second-order valence-electron chi connectivity index (χ2n) is 6.08. The van der Waals surface area contributed by atoms with Crippen LogP contribution in [-0.2, 0) is 4.79 Å². The van der Waals surface area contributed by atoms with E-state index < -0.39 is 4.92 Å². The van der Waals surface area contributed by atoms with Gasteiger partial charge >= 0.3 is 0 Å². The van der Waals surface area contributed by atoms with Crippen LogP contribution >= 0.6 is 35.0 Å². The Kier molecular flexibility index (Phi) is 5.63. The third kappa shape index (κ3) is 4.40. The summed E-state index contributed by atoms with van der Waals surface area (Å²) in [6.07, 6.45) is 1.59. The molecule has 0 aliphatic carbocycles. The molecule has 7 nitrogen and oxygen atoms in total. The zero-order valence-electron chi connectivity index (χ0n) is 15.0. The Morgan fingerprint density at radius 2 is 1.87 bits per heavy atom. The smallest absolute Gasteiger partial charge is 0.270 e. The van der Waals surface area contributed by atoms with Gasteiger partial charge in [-0.3, -0.25) is 14.9 Å². The molecule has 1 aromatic heterocycles. The standard InChI is InChI=1S/C20H11Cl2N3O4S/c21-11-1-3-12(4-2-11)23-20-24-19(26)18(30-20)10-14-6-8-17(29-14)15-7-5-13(25(27)28)9-16(15)22/h1-10H,(H,23,24,26)/b18-10-. The molecular formula is C20H11Cl2N3O4S. The van der Waals surface area contributed by atoms with Gasteiger partial charge in [-0.15, -0.1) is 0 Å². The van der Waals surface area contributed by atoms with Crippen LogP contribution < -0.4 is 5.32 Å². The number of halogens is 2. The first-order chi connectivity index (χ1) is 14.4. The molecule has 150 valence electrons. The van der Waals surface area contributed by atoms with E-state index in [0.29, 0.717) is 37.9 Å². The Hall–Kier alpha value is -3.07. The number of nitro groups is 1. The fourth-order valence-electron chi connectivity index (χ4n) is 2.64. The van der Waals surface area contributed by atoms with Crippen molar-refractivity contribution in [2.45, 2.75) is 0 Å². The first-order valence-corrected chi connectivity index (χ1v) is 10.1. The van der Waals surface area contributed by atoms with Crippen LogP contribution in [0.25, 0.3) is 17.4 Å². The summed E-state index contributed by atoms with van der Waals surface area (Å²) >= 11 is 13.2. The molecule has 2 aromatic carbocycles. The maximum absolute atomic E-state index is 12.2. The number of amidine groups is 1. The van der Waals surface area contributed by atoms with Crippen LogP contribution in [0.5, 0.6) is 0 Å². The molecule has 0 atom stereocenters. The van der Waals surface area contributed by atoms with Gasteiger partial charge in [-0.1, -0.05) is 23.2 Å². The molecular weight excluding hydrogens is 449 g/mol. The lowest BCUT2D eigenvalue weighted by Crippen LogP contribution is -2.19. The molecule has 0 unspecified atom stereocenters. The van der Waals surface area contributed by atoms with Gasteiger partial charge in [0, 0.05) is 28.8 Å². The summed E-state index contributed by atoms with van der Waals surface area (Å²) in [5.74, 6) is 0.573. The molecule has 1 fully saturated rings. The summed E-state index contributed by atoms with van der Waals surface area (Å²) in [7, 11) is 0. The van der Waals surface area contributed by atoms with Gasteiger partial charge in [-0.05, 0) is 54.2 Å². The fourth-order valence-corrected chi connectivity index (χ4v) is 3.85. The van der Waals surface area contributed by atoms with Gasteiger partial charge in [0.1, 0.15) is 11.5 Å². The number of carbonyl (C=O) groups excluding carboxylic acids is 1. The third-order valence-electron chi connectivity index (χ3n) is 4.04. The maximum Gasteiger partial charge on any atom is 0.270 e. The van der Waals surface area contributed by atoms with Gasteiger partial charge in [0.2, 0.25) is 0 Å². The summed E-state index contributed by atoms with van der Waals surface area (Å²) in [6.45, 7) is 0. The van der Waals surface area contributed by atoms with Gasteiger partial charge in [0.15, 0.2) is 5.17 Å². The van der Waals surface area contributed by atoms with E-state index in [1.807, 2.05) is 0 Å². The van der Waals surface area contributed by atoms with E-state index in [4.69, 9.17) is 27.6 Å². The Morgan fingerprint density at radius 3 is 2.57 bits per heavy atom. The highest BCUT2D eigenvalue weighted by atomic mass is 35.5. The molecule has 0 saturated carbocycles. The number of benzene rings is 2. The number of carbonyl (C=O) groups is 1. The molecule has 1 aliphatic rings. The van der Waals surface area contributed by atoms with E-state index in [2.05, 4.69) is 10.3 Å². The molecule has 3 aromatic rings. The molecule has 0 bridgehead atoms. The van der Waals surface area contributed by atoms with Gasteiger partial charge in [0.05, 0.1) is 20.5 Å². The van der Waals surface area contributed by atoms with Crippen LogP contribution in [0, 0.1) is 10.1 Å².